The van der Waals surface area contributed by atoms with Crippen LogP contribution in [0.25, 0.3) is 0 Å². The molecule has 0 bridgehead atoms. The van der Waals surface area contributed by atoms with Crippen LogP contribution in [-0.2, 0) is 21.4 Å². The number of benzene rings is 1. The molecule has 1 heterocycles. The number of hydrogen-bond donors (Lipinski definition) is 1. The van der Waals surface area contributed by atoms with Crippen molar-refractivity contribution in [2.45, 2.75) is 39.7 Å². The number of carbonyl (C=O) groups is 3. The number of rotatable bonds is 7. The first kappa shape index (κ1) is 20.6. The number of aromatic nitrogens is 2. The van der Waals surface area contributed by atoms with Gasteiger partial charge in [-0.2, -0.15) is 5.10 Å². The number of nitrogens with one attached hydrogen (secondary N) is 1. The van der Waals surface area contributed by atoms with Crippen LogP contribution in [0.5, 0.6) is 0 Å². The van der Waals surface area contributed by atoms with Gasteiger partial charge in [0.15, 0.2) is 11.9 Å². The van der Waals surface area contributed by atoms with E-state index in [1.807, 2.05) is 6.92 Å². The van der Waals surface area contributed by atoms with Gasteiger partial charge in [0.1, 0.15) is 0 Å². The summed E-state index contributed by atoms with van der Waals surface area (Å²) in [5.41, 5.74) is 2.55. The fourth-order valence-electron chi connectivity index (χ4n) is 2.48. The number of aryl methyl sites for hydroxylation is 2. The van der Waals surface area contributed by atoms with Crippen molar-refractivity contribution in [3.63, 3.8) is 0 Å². The third kappa shape index (κ3) is 5.40. The number of esters is 1. The molecule has 27 heavy (non-hydrogen) atoms. The maximum atomic E-state index is 12.2. The highest BCUT2D eigenvalue weighted by atomic mass is 35.5. The molecule has 0 spiro atoms. The Morgan fingerprint density at radius 2 is 1.81 bits per heavy atom. The molecule has 2 aromatic rings. The molecule has 1 aromatic heterocycles. The van der Waals surface area contributed by atoms with Crippen LogP contribution in [0.2, 0.25) is 5.02 Å². The number of Topliss-reactive ketones (excluding diaryl/α,β-unsaturated/α-hetero) is 1. The fraction of sp³-hybridized carbons (Fsp3) is 0.368. The Morgan fingerprint density at radius 1 is 1.19 bits per heavy atom. The molecule has 7 nitrogen and oxygen atoms in total. The highest BCUT2D eigenvalue weighted by Gasteiger charge is 2.21. The molecule has 0 aliphatic rings. The summed E-state index contributed by atoms with van der Waals surface area (Å²) in [7, 11) is 1.78. The van der Waals surface area contributed by atoms with Crippen LogP contribution in [0.3, 0.4) is 0 Å². The zero-order valence-corrected chi connectivity index (χ0v) is 16.5. The Balaban J connectivity index is 1.84. The van der Waals surface area contributed by atoms with Crippen molar-refractivity contribution in [3.05, 3.63) is 46.2 Å². The lowest BCUT2D eigenvalue weighted by Crippen LogP contribution is -2.30. The van der Waals surface area contributed by atoms with Gasteiger partial charge in [-0.1, -0.05) is 11.6 Å². The van der Waals surface area contributed by atoms with Gasteiger partial charge in [-0.15, -0.1) is 0 Å². The molecule has 0 radical (unpaired) electrons. The lowest BCUT2D eigenvalue weighted by Gasteiger charge is -2.13. The first-order chi connectivity index (χ1) is 12.7. The highest BCUT2D eigenvalue weighted by Crippen LogP contribution is 2.19. The summed E-state index contributed by atoms with van der Waals surface area (Å²) in [6, 6.07) is 6.43. The minimum Gasteiger partial charge on any atom is -0.453 e. The number of nitrogens with zero attached hydrogens (tertiary/aromatic N) is 2. The molecule has 0 fully saturated rings. The molecular formula is C19H22ClN3O4. The Labute approximate surface area is 162 Å². The van der Waals surface area contributed by atoms with E-state index in [9.17, 15) is 14.4 Å². The molecule has 0 unspecified atom stereocenters. The number of anilines is 1. The average Bonchev–Trinajstić information content (AvgIpc) is 2.86. The molecular weight excluding hydrogens is 370 g/mol. The van der Waals surface area contributed by atoms with Crippen LogP contribution >= 0.6 is 11.6 Å². The fourth-order valence-corrected chi connectivity index (χ4v) is 2.61. The van der Waals surface area contributed by atoms with Crippen LogP contribution < -0.4 is 5.32 Å². The maximum Gasteiger partial charge on any atom is 0.307 e. The number of ketones is 1. The Bertz CT molecular complexity index is 859. The van der Waals surface area contributed by atoms with E-state index in [2.05, 4.69) is 10.4 Å². The lowest BCUT2D eigenvalue weighted by atomic mass is 10.1. The van der Waals surface area contributed by atoms with Crippen LogP contribution in [0.15, 0.2) is 24.3 Å². The van der Waals surface area contributed by atoms with Gasteiger partial charge < -0.3 is 10.1 Å². The van der Waals surface area contributed by atoms with Gasteiger partial charge in [-0.25, -0.2) is 0 Å². The van der Waals surface area contributed by atoms with Crippen molar-refractivity contribution < 1.29 is 19.1 Å². The smallest absolute Gasteiger partial charge is 0.307 e. The number of hydrogen-bond acceptors (Lipinski definition) is 5. The largest absolute Gasteiger partial charge is 0.453 e. The topological polar surface area (TPSA) is 90.3 Å². The second-order valence-electron chi connectivity index (χ2n) is 6.22. The van der Waals surface area contributed by atoms with Gasteiger partial charge in [0.25, 0.3) is 5.91 Å². The summed E-state index contributed by atoms with van der Waals surface area (Å²) in [5.74, 6) is -1.26. The molecule has 1 aromatic carbocycles. The summed E-state index contributed by atoms with van der Waals surface area (Å²) >= 11 is 5.78. The van der Waals surface area contributed by atoms with E-state index in [1.54, 1.807) is 42.9 Å². The summed E-state index contributed by atoms with van der Waals surface area (Å²) in [6.07, 6.45) is -1.10. The molecule has 8 heteroatoms. The Kier molecular flexibility index (Phi) is 6.74. The van der Waals surface area contributed by atoms with Gasteiger partial charge in [-0.05, 0) is 45.0 Å². The molecule has 0 saturated heterocycles. The molecule has 1 amide bonds. The van der Waals surface area contributed by atoms with Crippen LogP contribution in [-0.4, -0.2) is 33.5 Å². The number of carbonyl (C=O) groups excluding carboxylic acids is 3. The molecule has 1 N–H and O–H groups in total. The van der Waals surface area contributed by atoms with E-state index < -0.39 is 18.0 Å². The standard InChI is InChI=1S/C19H22ClN3O4/c1-11-18(12(2)23(4)22-11)21-19(26)13(3)27-17(25)10-9-16(24)14-5-7-15(20)8-6-14/h5-8,13H,9-10H2,1-4H3,(H,21,26)/t13-/m0/s1. The van der Waals surface area contributed by atoms with E-state index in [4.69, 9.17) is 16.3 Å². The first-order valence-electron chi connectivity index (χ1n) is 8.48. The van der Waals surface area contributed by atoms with Gasteiger partial charge >= 0.3 is 5.97 Å². The SMILES string of the molecule is Cc1nn(C)c(C)c1NC(=O)[C@H](C)OC(=O)CCC(=O)c1ccc(Cl)cc1. The predicted molar refractivity (Wildman–Crippen MR) is 102 cm³/mol. The summed E-state index contributed by atoms with van der Waals surface area (Å²) in [6.45, 7) is 5.09. The van der Waals surface area contributed by atoms with Gasteiger partial charge in [0, 0.05) is 24.1 Å². The van der Waals surface area contributed by atoms with Gasteiger partial charge in [0.05, 0.1) is 23.5 Å². The monoisotopic (exact) mass is 391 g/mol. The quantitative estimate of drug-likeness (QED) is 0.578. The van der Waals surface area contributed by atoms with E-state index in [-0.39, 0.29) is 18.6 Å². The third-order valence-electron chi connectivity index (χ3n) is 4.16. The van der Waals surface area contributed by atoms with Crippen molar-refractivity contribution >= 4 is 34.9 Å². The molecule has 144 valence electrons. The molecule has 2 rings (SSSR count). The summed E-state index contributed by atoms with van der Waals surface area (Å²) in [4.78, 5) is 36.3. The molecule has 0 saturated carbocycles. The average molecular weight is 392 g/mol. The van der Waals surface area contributed by atoms with Crippen molar-refractivity contribution in [2.24, 2.45) is 7.05 Å². The molecule has 0 aliphatic carbocycles. The van der Waals surface area contributed by atoms with Crippen molar-refractivity contribution in [3.8, 4) is 0 Å². The van der Waals surface area contributed by atoms with E-state index in [1.165, 1.54) is 6.92 Å². The lowest BCUT2D eigenvalue weighted by molar-refractivity contribution is -0.153. The summed E-state index contributed by atoms with van der Waals surface area (Å²) in [5, 5.41) is 7.47. The Morgan fingerprint density at radius 3 is 2.37 bits per heavy atom. The minimum absolute atomic E-state index is 0.00434. The second kappa shape index (κ2) is 8.81. The molecule has 0 aliphatic heterocycles. The van der Waals surface area contributed by atoms with Crippen molar-refractivity contribution in [1.82, 2.24) is 9.78 Å². The number of amides is 1. The van der Waals surface area contributed by atoms with Gasteiger partial charge in [-0.3, -0.25) is 19.1 Å². The normalized spacial score (nSPS) is 11.7. The van der Waals surface area contributed by atoms with Gasteiger partial charge in [0.2, 0.25) is 0 Å². The zero-order valence-electron chi connectivity index (χ0n) is 15.7. The summed E-state index contributed by atoms with van der Waals surface area (Å²) < 4.78 is 6.78. The number of halogens is 1. The van der Waals surface area contributed by atoms with E-state index >= 15 is 0 Å². The number of ether oxygens (including phenoxy) is 1. The highest BCUT2D eigenvalue weighted by molar-refractivity contribution is 6.30. The van der Waals surface area contributed by atoms with Crippen molar-refractivity contribution in [2.75, 3.05) is 5.32 Å². The molecule has 1 atom stereocenters. The predicted octanol–water partition coefficient (Wildman–Crippen LogP) is 3.22. The van der Waals surface area contributed by atoms with Crippen molar-refractivity contribution in [1.29, 1.82) is 0 Å². The Hall–Kier alpha value is -2.67. The third-order valence-corrected chi connectivity index (χ3v) is 4.41. The van der Waals surface area contributed by atoms with Crippen LogP contribution in [0.4, 0.5) is 5.69 Å². The maximum absolute atomic E-state index is 12.2. The first-order valence-corrected chi connectivity index (χ1v) is 8.86. The second-order valence-corrected chi connectivity index (χ2v) is 6.66. The van der Waals surface area contributed by atoms with Crippen LogP contribution in [0.1, 0.15) is 41.5 Å². The van der Waals surface area contributed by atoms with E-state index in [0.717, 1.165) is 5.69 Å². The van der Waals surface area contributed by atoms with E-state index in [0.29, 0.717) is 22.0 Å². The van der Waals surface area contributed by atoms with Crippen LogP contribution in [0, 0.1) is 13.8 Å². The zero-order chi connectivity index (χ0) is 20.1. The minimum atomic E-state index is -0.984.